The molecule has 1 amide bonds. The minimum absolute atomic E-state index is 0.147. The molecule has 8 nitrogen and oxygen atoms in total. The van der Waals surface area contributed by atoms with Crippen molar-refractivity contribution in [3.63, 3.8) is 0 Å². The Morgan fingerprint density at radius 1 is 1.10 bits per heavy atom. The first kappa shape index (κ1) is 22.1. The topological polar surface area (TPSA) is 125 Å². The molecule has 0 saturated heterocycles. The van der Waals surface area contributed by atoms with E-state index < -0.39 is 28.5 Å². The number of hydrogen-bond donors (Lipinski definition) is 2. The van der Waals surface area contributed by atoms with Gasteiger partial charge < -0.3 is 10.1 Å². The number of benzene rings is 2. The minimum Gasteiger partial charge on any atom is -0.456 e. The number of carbonyl (C=O) groups is 2. The molecule has 0 heterocycles. The Bertz CT molecular complexity index is 1040. The summed E-state index contributed by atoms with van der Waals surface area (Å²) in [6, 6.07) is 13.1. The van der Waals surface area contributed by atoms with Crippen LogP contribution in [-0.2, 0) is 24.3 Å². The van der Waals surface area contributed by atoms with Gasteiger partial charge in [-0.05, 0) is 49.7 Å². The van der Waals surface area contributed by atoms with E-state index in [-0.39, 0.29) is 17.9 Å². The summed E-state index contributed by atoms with van der Waals surface area (Å²) in [7, 11) is -3.74. The fraction of sp³-hybridized carbons (Fsp3) is 0.250. The van der Waals surface area contributed by atoms with Crippen LogP contribution in [0.4, 0.5) is 5.69 Å². The number of hydrogen-bond acceptors (Lipinski definition) is 6. The van der Waals surface area contributed by atoms with Gasteiger partial charge in [-0.15, -0.1) is 0 Å². The normalized spacial score (nSPS) is 10.8. The summed E-state index contributed by atoms with van der Waals surface area (Å²) in [6.45, 7) is 2.92. The number of anilines is 1. The van der Waals surface area contributed by atoms with E-state index in [0.29, 0.717) is 16.8 Å². The fourth-order valence-electron chi connectivity index (χ4n) is 2.51. The maximum Gasteiger partial charge on any atom is 0.307 e. The van der Waals surface area contributed by atoms with Gasteiger partial charge in [0.2, 0.25) is 10.0 Å². The molecule has 0 fully saturated rings. The molecule has 2 rings (SSSR count). The van der Waals surface area contributed by atoms with Crippen molar-refractivity contribution in [3.05, 3.63) is 59.2 Å². The van der Waals surface area contributed by atoms with Crippen LogP contribution in [0, 0.1) is 25.2 Å². The second-order valence-corrected chi connectivity index (χ2v) is 8.05. The van der Waals surface area contributed by atoms with E-state index in [9.17, 15) is 18.0 Å². The molecular formula is C20H21N3O5S. The lowest BCUT2D eigenvalue weighted by atomic mass is 10.2. The number of nitrogens with zero attached hydrogens (tertiary/aromatic N) is 1. The number of amides is 1. The number of sulfonamides is 1. The number of rotatable bonds is 8. The van der Waals surface area contributed by atoms with Gasteiger partial charge in [0.1, 0.15) is 0 Å². The van der Waals surface area contributed by atoms with Gasteiger partial charge in [0, 0.05) is 12.2 Å². The summed E-state index contributed by atoms with van der Waals surface area (Å²) >= 11 is 0. The molecule has 0 spiro atoms. The van der Waals surface area contributed by atoms with Gasteiger partial charge in [-0.3, -0.25) is 9.59 Å². The van der Waals surface area contributed by atoms with Crippen LogP contribution in [0.2, 0.25) is 0 Å². The first-order valence-electron chi connectivity index (χ1n) is 8.74. The molecule has 152 valence electrons. The van der Waals surface area contributed by atoms with Crippen molar-refractivity contribution in [1.29, 1.82) is 5.26 Å². The Kier molecular flexibility index (Phi) is 7.47. The third-order valence-corrected chi connectivity index (χ3v) is 5.52. The van der Waals surface area contributed by atoms with Gasteiger partial charge in [-0.25, -0.2) is 13.1 Å². The Hall–Kier alpha value is -3.22. The van der Waals surface area contributed by atoms with Gasteiger partial charge >= 0.3 is 5.97 Å². The standard InChI is InChI=1S/C20H21N3O5S/c1-14-3-8-18(15(2)11-14)29(26,27)22-10-9-20(25)28-13-19(24)23-17-6-4-16(12-21)5-7-17/h3-8,11,22H,9-10,13H2,1-2H3,(H,23,24). The predicted molar refractivity (Wildman–Crippen MR) is 106 cm³/mol. The molecule has 2 aromatic carbocycles. The van der Waals surface area contributed by atoms with Crippen molar-refractivity contribution in [2.75, 3.05) is 18.5 Å². The van der Waals surface area contributed by atoms with Crippen molar-refractivity contribution < 1.29 is 22.7 Å². The first-order valence-corrected chi connectivity index (χ1v) is 10.2. The van der Waals surface area contributed by atoms with Crippen LogP contribution < -0.4 is 10.0 Å². The van der Waals surface area contributed by atoms with E-state index in [4.69, 9.17) is 10.00 Å². The highest BCUT2D eigenvalue weighted by molar-refractivity contribution is 7.89. The largest absolute Gasteiger partial charge is 0.456 e. The molecule has 0 aliphatic rings. The van der Waals surface area contributed by atoms with Crippen LogP contribution in [-0.4, -0.2) is 33.4 Å². The van der Waals surface area contributed by atoms with E-state index in [1.807, 2.05) is 13.0 Å². The molecule has 0 radical (unpaired) electrons. The SMILES string of the molecule is Cc1ccc(S(=O)(=O)NCCC(=O)OCC(=O)Nc2ccc(C#N)cc2)c(C)c1. The van der Waals surface area contributed by atoms with Crippen molar-refractivity contribution >= 4 is 27.6 Å². The average Bonchev–Trinajstić information content (AvgIpc) is 2.66. The number of ether oxygens (including phenoxy) is 1. The summed E-state index contributed by atoms with van der Waals surface area (Å²) in [5.41, 5.74) is 2.48. The number of nitrogens with one attached hydrogen (secondary N) is 2. The van der Waals surface area contributed by atoms with Crippen LogP contribution >= 0.6 is 0 Å². The highest BCUT2D eigenvalue weighted by atomic mass is 32.2. The van der Waals surface area contributed by atoms with E-state index in [2.05, 4.69) is 10.0 Å². The Morgan fingerprint density at radius 3 is 2.41 bits per heavy atom. The zero-order valence-corrected chi connectivity index (χ0v) is 16.9. The minimum atomic E-state index is -3.74. The fourth-order valence-corrected chi connectivity index (χ4v) is 3.77. The monoisotopic (exact) mass is 415 g/mol. The Labute approximate surface area is 169 Å². The third kappa shape index (κ3) is 6.71. The molecule has 0 unspecified atom stereocenters. The maximum absolute atomic E-state index is 12.3. The Morgan fingerprint density at radius 2 is 1.79 bits per heavy atom. The van der Waals surface area contributed by atoms with Crippen molar-refractivity contribution in [2.24, 2.45) is 0 Å². The first-order chi connectivity index (χ1) is 13.7. The summed E-state index contributed by atoms with van der Waals surface area (Å²) < 4.78 is 31.8. The Balaban J connectivity index is 1.76. The third-order valence-electron chi connectivity index (χ3n) is 3.90. The molecular weight excluding hydrogens is 394 g/mol. The van der Waals surface area contributed by atoms with E-state index in [1.165, 1.54) is 6.07 Å². The lowest BCUT2D eigenvalue weighted by Crippen LogP contribution is -2.28. The summed E-state index contributed by atoms with van der Waals surface area (Å²) in [6.07, 6.45) is -0.214. The van der Waals surface area contributed by atoms with Gasteiger partial charge in [0.25, 0.3) is 5.91 Å². The van der Waals surface area contributed by atoms with Crippen LogP contribution in [0.3, 0.4) is 0 Å². The molecule has 9 heteroatoms. The molecule has 0 bridgehead atoms. The highest BCUT2D eigenvalue weighted by Crippen LogP contribution is 2.16. The molecule has 2 aromatic rings. The van der Waals surface area contributed by atoms with Gasteiger partial charge in [0.05, 0.1) is 22.9 Å². The number of nitriles is 1. The van der Waals surface area contributed by atoms with Crippen molar-refractivity contribution in [2.45, 2.75) is 25.2 Å². The molecule has 29 heavy (non-hydrogen) atoms. The maximum atomic E-state index is 12.3. The van der Waals surface area contributed by atoms with Gasteiger partial charge in [-0.2, -0.15) is 5.26 Å². The number of carbonyl (C=O) groups excluding carboxylic acids is 2. The molecule has 0 atom stereocenters. The lowest BCUT2D eigenvalue weighted by Gasteiger charge is -2.10. The van der Waals surface area contributed by atoms with Gasteiger partial charge in [0.15, 0.2) is 6.61 Å². The summed E-state index contributed by atoms with van der Waals surface area (Å²) in [5.74, 6) is -1.25. The number of aryl methyl sites for hydroxylation is 2. The van der Waals surface area contributed by atoms with E-state index >= 15 is 0 Å². The van der Waals surface area contributed by atoms with Gasteiger partial charge in [-0.1, -0.05) is 17.7 Å². The quantitative estimate of drug-likeness (QED) is 0.636. The zero-order valence-electron chi connectivity index (χ0n) is 16.1. The zero-order chi connectivity index (χ0) is 21.4. The molecule has 0 aromatic heterocycles. The molecule has 2 N–H and O–H groups in total. The molecule has 0 saturated carbocycles. The number of esters is 1. The van der Waals surface area contributed by atoms with Crippen LogP contribution in [0.15, 0.2) is 47.4 Å². The average molecular weight is 415 g/mol. The lowest BCUT2D eigenvalue weighted by molar-refractivity contribution is -0.147. The van der Waals surface area contributed by atoms with Crippen LogP contribution in [0.25, 0.3) is 0 Å². The van der Waals surface area contributed by atoms with E-state index in [1.54, 1.807) is 43.3 Å². The molecule has 0 aliphatic carbocycles. The van der Waals surface area contributed by atoms with E-state index in [0.717, 1.165) is 5.56 Å². The highest BCUT2D eigenvalue weighted by Gasteiger charge is 2.17. The van der Waals surface area contributed by atoms with Crippen molar-refractivity contribution in [1.82, 2.24) is 4.72 Å². The van der Waals surface area contributed by atoms with Crippen LogP contribution in [0.5, 0.6) is 0 Å². The second-order valence-electron chi connectivity index (χ2n) is 6.31. The molecule has 0 aliphatic heterocycles. The summed E-state index contributed by atoms with van der Waals surface area (Å²) in [4.78, 5) is 23.7. The predicted octanol–water partition coefficient (Wildman–Crippen LogP) is 2.03. The summed E-state index contributed by atoms with van der Waals surface area (Å²) in [5, 5.41) is 11.3. The smallest absolute Gasteiger partial charge is 0.307 e. The van der Waals surface area contributed by atoms with Crippen molar-refractivity contribution in [3.8, 4) is 6.07 Å². The van der Waals surface area contributed by atoms with Crippen LogP contribution in [0.1, 0.15) is 23.1 Å². The second kappa shape index (κ2) is 9.82.